The maximum absolute atomic E-state index is 12.0. The van der Waals surface area contributed by atoms with Crippen molar-refractivity contribution in [2.75, 3.05) is 0 Å². The maximum atomic E-state index is 12.0. The van der Waals surface area contributed by atoms with Crippen LogP contribution in [0.15, 0.2) is 12.7 Å². The Kier molecular flexibility index (Phi) is 4.57. The summed E-state index contributed by atoms with van der Waals surface area (Å²) >= 11 is 0. The van der Waals surface area contributed by atoms with Gasteiger partial charge in [-0.3, -0.25) is 4.79 Å². The van der Waals surface area contributed by atoms with Crippen molar-refractivity contribution in [3.63, 3.8) is 0 Å². The van der Waals surface area contributed by atoms with E-state index in [1.807, 2.05) is 26.8 Å². The second-order valence-electron chi connectivity index (χ2n) is 6.18. The zero-order chi connectivity index (χ0) is 12.3. The third kappa shape index (κ3) is 5.60. The van der Waals surface area contributed by atoms with Crippen LogP contribution in [0.2, 0.25) is 0 Å². The Balaban J connectivity index is 4.65. The van der Waals surface area contributed by atoms with Crippen molar-refractivity contribution in [1.82, 2.24) is 5.32 Å². The highest BCUT2D eigenvalue weighted by Crippen LogP contribution is 2.29. The van der Waals surface area contributed by atoms with E-state index in [4.69, 9.17) is 0 Å². The van der Waals surface area contributed by atoms with Crippen molar-refractivity contribution in [2.24, 2.45) is 11.3 Å². The van der Waals surface area contributed by atoms with Crippen molar-refractivity contribution in [3.8, 4) is 0 Å². The molecule has 1 N–H and O–H groups in total. The standard InChI is InChI=1S/C13H25NO/c1-8-9-10(12(2,3)4)11(15)14-13(5,6)7/h8,10H,1,9H2,2-7H3,(H,14,15). The first-order valence-electron chi connectivity index (χ1n) is 5.51. The minimum Gasteiger partial charge on any atom is -0.351 e. The minimum absolute atomic E-state index is 0.00535. The molecule has 0 aliphatic heterocycles. The van der Waals surface area contributed by atoms with Gasteiger partial charge in [-0.05, 0) is 32.6 Å². The summed E-state index contributed by atoms with van der Waals surface area (Å²) in [5.41, 5.74) is -0.189. The molecular weight excluding hydrogens is 186 g/mol. The Morgan fingerprint density at radius 2 is 1.73 bits per heavy atom. The number of rotatable bonds is 3. The number of carbonyl (C=O) groups excluding carboxylic acids is 1. The molecule has 0 spiro atoms. The van der Waals surface area contributed by atoms with E-state index >= 15 is 0 Å². The third-order valence-electron chi connectivity index (χ3n) is 2.26. The van der Waals surface area contributed by atoms with Crippen LogP contribution < -0.4 is 5.32 Å². The number of allylic oxidation sites excluding steroid dienone is 1. The lowest BCUT2D eigenvalue weighted by Crippen LogP contribution is -2.46. The first-order chi connectivity index (χ1) is 6.58. The van der Waals surface area contributed by atoms with Crippen LogP contribution in [0.3, 0.4) is 0 Å². The van der Waals surface area contributed by atoms with Gasteiger partial charge < -0.3 is 5.32 Å². The van der Waals surface area contributed by atoms with Crippen LogP contribution in [0.5, 0.6) is 0 Å². The summed E-state index contributed by atoms with van der Waals surface area (Å²) in [5, 5.41) is 3.02. The number of hydrogen-bond donors (Lipinski definition) is 1. The molecule has 0 heterocycles. The summed E-state index contributed by atoms with van der Waals surface area (Å²) in [4.78, 5) is 12.0. The summed E-state index contributed by atoms with van der Waals surface area (Å²) in [7, 11) is 0. The van der Waals surface area contributed by atoms with E-state index in [-0.39, 0.29) is 22.8 Å². The van der Waals surface area contributed by atoms with Crippen LogP contribution in [-0.4, -0.2) is 11.4 Å². The van der Waals surface area contributed by atoms with E-state index in [1.165, 1.54) is 0 Å². The summed E-state index contributed by atoms with van der Waals surface area (Å²) in [6, 6.07) is 0. The molecule has 1 unspecified atom stereocenters. The highest BCUT2D eigenvalue weighted by molar-refractivity contribution is 5.80. The largest absolute Gasteiger partial charge is 0.351 e. The lowest BCUT2D eigenvalue weighted by molar-refractivity contribution is -0.129. The highest BCUT2D eigenvalue weighted by Gasteiger charge is 2.31. The second kappa shape index (κ2) is 4.82. The van der Waals surface area contributed by atoms with Crippen molar-refractivity contribution >= 4 is 5.91 Å². The quantitative estimate of drug-likeness (QED) is 0.714. The minimum atomic E-state index is -0.165. The van der Waals surface area contributed by atoms with Crippen LogP contribution >= 0.6 is 0 Å². The van der Waals surface area contributed by atoms with Gasteiger partial charge in [0.25, 0.3) is 0 Å². The lowest BCUT2D eigenvalue weighted by Gasteiger charge is -2.32. The molecule has 88 valence electrons. The molecule has 0 aliphatic rings. The summed E-state index contributed by atoms with van der Waals surface area (Å²) in [6.45, 7) is 16.0. The van der Waals surface area contributed by atoms with Crippen molar-refractivity contribution in [1.29, 1.82) is 0 Å². The molecule has 0 saturated carbocycles. The van der Waals surface area contributed by atoms with Gasteiger partial charge in [-0.25, -0.2) is 0 Å². The molecule has 15 heavy (non-hydrogen) atoms. The zero-order valence-corrected chi connectivity index (χ0v) is 11.0. The van der Waals surface area contributed by atoms with Gasteiger partial charge >= 0.3 is 0 Å². The van der Waals surface area contributed by atoms with E-state index < -0.39 is 0 Å². The van der Waals surface area contributed by atoms with Gasteiger partial charge in [0.15, 0.2) is 0 Å². The molecule has 1 atom stereocenters. The summed E-state index contributed by atoms with van der Waals surface area (Å²) in [5.74, 6) is 0.115. The van der Waals surface area contributed by atoms with Gasteiger partial charge in [-0.15, -0.1) is 6.58 Å². The van der Waals surface area contributed by atoms with Crippen LogP contribution in [0, 0.1) is 11.3 Å². The molecule has 0 aromatic rings. The smallest absolute Gasteiger partial charge is 0.224 e. The first-order valence-corrected chi connectivity index (χ1v) is 5.51. The molecule has 0 aliphatic carbocycles. The van der Waals surface area contributed by atoms with E-state index in [9.17, 15) is 4.79 Å². The maximum Gasteiger partial charge on any atom is 0.224 e. The molecule has 0 aromatic carbocycles. The monoisotopic (exact) mass is 211 g/mol. The van der Waals surface area contributed by atoms with E-state index in [2.05, 4.69) is 32.7 Å². The van der Waals surface area contributed by atoms with Gasteiger partial charge in [0.05, 0.1) is 0 Å². The Morgan fingerprint density at radius 1 is 1.27 bits per heavy atom. The molecule has 0 aromatic heterocycles. The van der Waals surface area contributed by atoms with E-state index in [0.717, 1.165) is 6.42 Å². The Bertz CT molecular complexity index is 230. The average Bonchev–Trinajstić information content (AvgIpc) is 1.93. The SMILES string of the molecule is C=CCC(C(=O)NC(C)(C)C)C(C)(C)C. The van der Waals surface area contributed by atoms with Crippen LogP contribution in [0.1, 0.15) is 48.0 Å². The van der Waals surface area contributed by atoms with Crippen molar-refractivity contribution < 1.29 is 4.79 Å². The molecule has 0 radical (unpaired) electrons. The predicted octanol–water partition coefficient (Wildman–Crippen LogP) is 3.14. The highest BCUT2D eigenvalue weighted by atomic mass is 16.2. The molecule has 0 rings (SSSR count). The van der Waals surface area contributed by atoms with Gasteiger partial charge in [-0.1, -0.05) is 26.8 Å². The number of amides is 1. The lowest BCUT2D eigenvalue weighted by atomic mass is 9.78. The van der Waals surface area contributed by atoms with Gasteiger partial charge in [0.2, 0.25) is 5.91 Å². The summed E-state index contributed by atoms with van der Waals surface area (Å²) in [6.07, 6.45) is 2.55. The van der Waals surface area contributed by atoms with Gasteiger partial charge in [0.1, 0.15) is 0 Å². The number of hydrogen-bond acceptors (Lipinski definition) is 1. The fraction of sp³-hybridized carbons (Fsp3) is 0.769. The first kappa shape index (κ1) is 14.2. The molecule has 2 nitrogen and oxygen atoms in total. The number of carbonyl (C=O) groups is 1. The topological polar surface area (TPSA) is 29.1 Å². The molecule has 1 amide bonds. The van der Waals surface area contributed by atoms with Gasteiger partial charge in [0, 0.05) is 11.5 Å². The van der Waals surface area contributed by atoms with Gasteiger partial charge in [-0.2, -0.15) is 0 Å². The number of nitrogens with one attached hydrogen (secondary N) is 1. The summed E-state index contributed by atoms with van der Waals surface area (Å²) < 4.78 is 0. The molecule has 0 bridgehead atoms. The molecule has 0 fully saturated rings. The Morgan fingerprint density at radius 3 is 2.00 bits per heavy atom. The molecule has 2 heteroatoms. The Labute approximate surface area is 94.1 Å². The zero-order valence-electron chi connectivity index (χ0n) is 11.0. The normalized spacial score (nSPS) is 14.5. The second-order valence-corrected chi connectivity index (χ2v) is 6.18. The van der Waals surface area contributed by atoms with Crippen LogP contribution in [0.25, 0.3) is 0 Å². The molecular formula is C13H25NO. The van der Waals surface area contributed by atoms with E-state index in [1.54, 1.807) is 0 Å². The van der Waals surface area contributed by atoms with Crippen LogP contribution in [0.4, 0.5) is 0 Å². The van der Waals surface area contributed by atoms with Crippen molar-refractivity contribution in [2.45, 2.75) is 53.5 Å². The van der Waals surface area contributed by atoms with Crippen molar-refractivity contribution in [3.05, 3.63) is 12.7 Å². The predicted molar refractivity (Wildman–Crippen MR) is 65.7 cm³/mol. The fourth-order valence-electron chi connectivity index (χ4n) is 1.48. The third-order valence-corrected chi connectivity index (χ3v) is 2.26. The average molecular weight is 211 g/mol. The fourth-order valence-corrected chi connectivity index (χ4v) is 1.48. The van der Waals surface area contributed by atoms with Crippen LogP contribution in [-0.2, 0) is 4.79 Å². The molecule has 0 saturated heterocycles. The van der Waals surface area contributed by atoms with E-state index in [0.29, 0.717) is 0 Å². The Hall–Kier alpha value is -0.790.